The van der Waals surface area contributed by atoms with Gasteiger partial charge in [-0.15, -0.1) is 0 Å². The predicted molar refractivity (Wildman–Crippen MR) is 120 cm³/mol. The van der Waals surface area contributed by atoms with Crippen molar-refractivity contribution in [1.82, 2.24) is 0 Å². The molecule has 0 saturated carbocycles. The maximum Gasteiger partial charge on any atom is -0.00930 e. The van der Waals surface area contributed by atoms with Crippen LogP contribution in [0.5, 0.6) is 0 Å². The van der Waals surface area contributed by atoms with Crippen molar-refractivity contribution in [3.8, 4) is 11.1 Å². The third-order valence-electron chi connectivity index (χ3n) is 5.41. The Morgan fingerprint density at radius 3 is 2.15 bits per heavy atom. The van der Waals surface area contributed by atoms with Crippen molar-refractivity contribution in [2.75, 3.05) is 0 Å². The second kappa shape index (κ2) is 7.40. The first kappa shape index (κ1) is 17.5. The minimum atomic E-state index is 1.14. The Kier molecular flexibility index (Phi) is 4.81. The molecule has 1 aliphatic carbocycles. The summed E-state index contributed by atoms with van der Waals surface area (Å²) in [5, 5.41) is 5.52. The molecule has 0 spiro atoms. The summed E-state index contributed by atoms with van der Waals surface area (Å²) in [6, 6.07) is 24.6. The molecule has 0 saturated heterocycles. The molecule has 0 fully saturated rings. The van der Waals surface area contributed by atoms with Gasteiger partial charge in [-0.05, 0) is 69.6 Å². The van der Waals surface area contributed by atoms with Crippen molar-refractivity contribution in [2.45, 2.75) is 33.6 Å². The lowest BCUT2D eigenvalue weighted by atomic mass is 9.86. The van der Waals surface area contributed by atoms with Gasteiger partial charge in [0, 0.05) is 0 Å². The SMILES string of the molecule is CC.Cc1ccc(-c2ccc3c4c(c5ccccc5c3c2)CCC=C4)cc1. The van der Waals surface area contributed by atoms with Crippen LogP contribution in [-0.2, 0) is 6.42 Å². The minimum Gasteiger partial charge on any atom is -0.0836 e. The van der Waals surface area contributed by atoms with Gasteiger partial charge in [0.1, 0.15) is 0 Å². The normalized spacial score (nSPS) is 12.6. The van der Waals surface area contributed by atoms with Gasteiger partial charge in [0.2, 0.25) is 0 Å². The summed E-state index contributed by atoms with van der Waals surface area (Å²) in [7, 11) is 0. The van der Waals surface area contributed by atoms with Crippen molar-refractivity contribution >= 4 is 27.6 Å². The highest BCUT2D eigenvalue weighted by Gasteiger charge is 2.14. The van der Waals surface area contributed by atoms with Gasteiger partial charge >= 0.3 is 0 Å². The van der Waals surface area contributed by atoms with E-state index in [4.69, 9.17) is 0 Å². The van der Waals surface area contributed by atoms with Gasteiger partial charge in [0.05, 0.1) is 0 Å². The summed E-state index contributed by atoms with van der Waals surface area (Å²) < 4.78 is 0. The molecule has 0 aliphatic heterocycles. The number of allylic oxidation sites excluding steroid dienone is 1. The molecule has 0 aromatic heterocycles. The lowest BCUT2D eigenvalue weighted by Gasteiger charge is -2.18. The van der Waals surface area contributed by atoms with Crippen molar-refractivity contribution in [1.29, 1.82) is 0 Å². The highest BCUT2D eigenvalue weighted by Crippen LogP contribution is 2.38. The molecule has 1 aliphatic rings. The molecule has 0 nitrogen and oxygen atoms in total. The molecule has 0 bridgehead atoms. The van der Waals surface area contributed by atoms with E-state index in [0.29, 0.717) is 0 Å². The first-order chi connectivity index (χ1) is 13.3. The van der Waals surface area contributed by atoms with Crippen LogP contribution in [0.4, 0.5) is 0 Å². The monoisotopic (exact) mass is 350 g/mol. The first-order valence-electron chi connectivity index (χ1n) is 10.0. The zero-order valence-corrected chi connectivity index (χ0v) is 16.4. The van der Waals surface area contributed by atoms with Gasteiger partial charge < -0.3 is 0 Å². The zero-order valence-electron chi connectivity index (χ0n) is 16.4. The molecule has 27 heavy (non-hydrogen) atoms. The molecule has 4 aromatic rings. The van der Waals surface area contributed by atoms with Crippen molar-refractivity contribution in [3.63, 3.8) is 0 Å². The Labute approximate surface area is 162 Å². The maximum absolute atomic E-state index is 2.37. The fourth-order valence-electron chi connectivity index (χ4n) is 4.10. The smallest absolute Gasteiger partial charge is 0.00930 e. The molecular formula is C27H26. The van der Waals surface area contributed by atoms with Crippen LogP contribution >= 0.6 is 0 Å². The molecule has 0 heteroatoms. The molecule has 0 heterocycles. The summed E-state index contributed by atoms with van der Waals surface area (Å²) in [4.78, 5) is 0. The van der Waals surface area contributed by atoms with Gasteiger partial charge in [-0.25, -0.2) is 0 Å². The minimum absolute atomic E-state index is 1.14. The predicted octanol–water partition coefficient (Wildman–Crippen LogP) is 7.95. The van der Waals surface area contributed by atoms with Crippen LogP contribution in [0.25, 0.3) is 38.7 Å². The quantitative estimate of drug-likeness (QED) is 0.305. The average Bonchev–Trinajstić information content (AvgIpc) is 2.75. The van der Waals surface area contributed by atoms with E-state index in [2.05, 4.69) is 85.8 Å². The van der Waals surface area contributed by atoms with Gasteiger partial charge in [-0.1, -0.05) is 92.2 Å². The van der Waals surface area contributed by atoms with Crippen LogP contribution in [0.15, 0.2) is 72.8 Å². The lowest BCUT2D eigenvalue weighted by Crippen LogP contribution is -1.97. The van der Waals surface area contributed by atoms with Crippen LogP contribution in [0, 0.1) is 6.92 Å². The number of fused-ring (bicyclic) bond motifs is 6. The summed E-state index contributed by atoms with van der Waals surface area (Å²) in [5.41, 5.74) is 6.79. The van der Waals surface area contributed by atoms with E-state index < -0.39 is 0 Å². The van der Waals surface area contributed by atoms with E-state index in [9.17, 15) is 0 Å². The largest absolute Gasteiger partial charge is 0.0836 e. The van der Waals surface area contributed by atoms with E-state index in [-0.39, 0.29) is 0 Å². The van der Waals surface area contributed by atoms with Crippen LogP contribution in [0.1, 0.15) is 37.0 Å². The molecule has 0 atom stereocenters. The topological polar surface area (TPSA) is 0 Å². The molecule has 0 radical (unpaired) electrons. The van der Waals surface area contributed by atoms with Gasteiger partial charge in [-0.3, -0.25) is 0 Å². The Balaban J connectivity index is 0.000000872. The molecule has 0 unspecified atom stereocenters. The Morgan fingerprint density at radius 1 is 0.667 bits per heavy atom. The van der Waals surface area contributed by atoms with E-state index in [1.54, 1.807) is 0 Å². The van der Waals surface area contributed by atoms with E-state index in [0.717, 1.165) is 12.8 Å². The summed E-state index contributed by atoms with van der Waals surface area (Å²) >= 11 is 0. The lowest BCUT2D eigenvalue weighted by molar-refractivity contribution is 1.00. The number of hydrogen-bond acceptors (Lipinski definition) is 0. The molecule has 0 amide bonds. The number of hydrogen-bond donors (Lipinski definition) is 0. The first-order valence-corrected chi connectivity index (χ1v) is 10.0. The van der Waals surface area contributed by atoms with Crippen LogP contribution < -0.4 is 0 Å². The zero-order chi connectivity index (χ0) is 18.8. The molecule has 0 N–H and O–H groups in total. The Hall–Kier alpha value is -2.86. The molecule has 4 aromatic carbocycles. The number of aryl methyl sites for hydroxylation is 2. The summed E-state index contributed by atoms with van der Waals surface area (Å²) in [5.74, 6) is 0. The fourth-order valence-corrected chi connectivity index (χ4v) is 4.10. The maximum atomic E-state index is 2.37. The van der Waals surface area contributed by atoms with Crippen LogP contribution in [0.3, 0.4) is 0 Å². The van der Waals surface area contributed by atoms with Gasteiger partial charge in [0.15, 0.2) is 0 Å². The number of benzene rings is 4. The van der Waals surface area contributed by atoms with Gasteiger partial charge in [-0.2, -0.15) is 0 Å². The summed E-state index contributed by atoms with van der Waals surface area (Å²) in [6.45, 7) is 6.14. The van der Waals surface area contributed by atoms with Crippen LogP contribution in [0.2, 0.25) is 0 Å². The Morgan fingerprint density at radius 2 is 1.37 bits per heavy atom. The third kappa shape index (κ3) is 3.06. The second-order valence-electron chi connectivity index (χ2n) is 7.01. The van der Waals surface area contributed by atoms with E-state index >= 15 is 0 Å². The Bertz CT molecular complexity index is 1130. The highest BCUT2D eigenvalue weighted by atomic mass is 14.2. The molecule has 134 valence electrons. The standard InChI is InChI=1S/C25H20.C2H6/c1-17-10-12-18(13-11-17)19-14-15-24-22-8-3-2-6-20(22)21-7-4-5-9-23(21)25(24)16-19;1-2/h3-5,7-16H,2,6H2,1H3;1-2H3. The van der Waals surface area contributed by atoms with Crippen molar-refractivity contribution in [2.24, 2.45) is 0 Å². The summed E-state index contributed by atoms with van der Waals surface area (Å²) in [6.07, 6.45) is 6.91. The molecule has 5 rings (SSSR count). The van der Waals surface area contributed by atoms with E-state index in [1.165, 1.54) is 49.4 Å². The molecular weight excluding hydrogens is 324 g/mol. The fraction of sp³-hybridized carbons (Fsp3) is 0.185. The third-order valence-corrected chi connectivity index (χ3v) is 5.41. The number of rotatable bonds is 1. The highest BCUT2D eigenvalue weighted by molar-refractivity contribution is 6.14. The van der Waals surface area contributed by atoms with E-state index in [1.807, 2.05) is 13.8 Å². The average molecular weight is 351 g/mol. The van der Waals surface area contributed by atoms with Crippen molar-refractivity contribution < 1.29 is 0 Å². The van der Waals surface area contributed by atoms with Crippen molar-refractivity contribution in [3.05, 3.63) is 89.5 Å². The second-order valence-corrected chi connectivity index (χ2v) is 7.01. The van der Waals surface area contributed by atoms with Gasteiger partial charge in [0.25, 0.3) is 0 Å². The van der Waals surface area contributed by atoms with Crippen LogP contribution in [-0.4, -0.2) is 0 Å².